The van der Waals surface area contributed by atoms with Gasteiger partial charge in [0.2, 0.25) is 5.75 Å². The minimum absolute atomic E-state index is 0.189. The van der Waals surface area contributed by atoms with Crippen LogP contribution in [0.25, 0.3) is 0 Å². The number of carbonyl (C=O) groups excluding carboxylic acids is 2. The van der Waals surface area contributed by atoms with Crippen LogP contribution in [0, 0.1) is 0 Å². The normalized spacial score (nSPS) is 14.7. The Bertz CT molecular complexity index is 996. The number of amides is 1. The van der Waals surface area contributed by atoms with E-state index in [1.165, 1.54) is 32.9 Å². The van der Waals surface area contributed by atoms with Crippen LogP contribution in [0.1, 0.15) is 18.1 Å². The van der Waals surface area contributed by atoms with Gasteiger partial charge >= 0.3 is 5.97 Å². The van der Waals surface area contributed by atoms with E-state index in [1.54, 1.807) is 12.1 Å². The first-order chi connectivity index (χ1) is 16.4. The first-order valence-electron chi connectivity index (χ1n) is 10.8. The van der Waals surface area contributed by atoms with E-state index in [4.69, 9.17) is 25.8 Å². The maximum absolute atomic E-state index is 12.3. The second-order valence-corrected chi connectivity index (χ2v) is 8.26. The average molecular weight is 489 g/mol. The highest BCUT2D eigenvalue weighted by molar-refractivity contribution is 6.30. The number of piperazine rings is 1. The van der Waals surface area contributed by atoms with Gasteiger partial charge in [0.05, 0.1) is 27.0 Å². The summed E-state index contributed by atoms with van der Waals surface area (Å²) in [7, 11) is 2.92. The lowest BCUT2D eigenvalue weighted by atomic mass is 10.2. The summed E-state index contributed by atoms with van der Waals surface area (Å²) >= 11 is 5.95. The third-order valence-electron chi connectivity index (χ3n) is 5.28. The van der Waals surface area contributed by atoms with Crippen LogP contribution in [0.15, 0.2) is 41.5 Å². The highest BCUT2D eigenvalue weighted by Crippen LogP contribution is 2.38. The number of methoxy groups -OCH3 is 2. The van der Waals surface area contributed by atoms with E-state index in [-0.39, 0.29) is 18.2 Å². The summed E-state index contributed by atoms with van der Waals surface area (Å²) in [6.07, 6.45) is 1.48. The van der Waals surface area contributed by atoms with Crippen LogP contribution in [0.4, 0.5) is 0 Å². The predicted octanol–water partition coefficient (Wildman–Crippen LogP) is 2.55. The number of carbonyl (C=O) groups is 2. The molecule has 0 aliphatic carbocycles. The van der Waals surface area contributed by atoms with Crippen molar-refractivity contribution in [1.82, 2.24) is 15.2 Å². The third kappa shape index (κ3) is 7.44. The molecular formula is C24H29ClN4O5. The minimum atomic E-state index is -0.490. The summed E-state index contributed by atoms with van der Waals surface area (Å²) in [5, 5.41) is 4.77. The van der Waals surface area contributed by atoms with Crippen molar-refractivity contribution >= 4 is 29.7 Å². The van der Waals surface area contributed by atoms with Crippen molar-refractivity contribution in [1.29, 1.82) is 0 Å². The Morgan fingerprint density at radius 3 is 2.18 bits per heavy atom. The zero-order valence-electron chi connectivity index (χ0n) is 19.5. The molecule has 9 nitrogen and oxygen atoms in total. The van der Waals surface area contributed by atoms with E-state index < -0.39 is 5.97 Å². The summed E-state index contributed by atoms with van der Waals surface area (Å²) in [5.74, 6) is 0.139. The minimum Gasteiger partial charge on any atom is -0.493 e. The average Bonchev–Trinajstić information content (AvgIpc) is 2.82. The van der Waals surface area contributed by atoms with Crippen molar-refractivity contribution in [2.24, 2.45) is 5.10 Å². The van der Waals surface area contributed by atoms with Gasteiger partial charge in [-0.3, -0.25) is 19.4 Å². The van der Waals surface area contributed by atoms with Crippen molar-refractivity contribution in [2.75, 3.05) is 46.9 Å². The number of halogens is 1. The molecule has 1 aliphatic heterocycles. The molecule has 1 heterocycles. The van der Waals surface area contributed by atoms with Gasteiger partial charge in [-0.05, 0) is 29.8 Å². The summed E-state index contributed by atoms with van der Waals surface area (Å²) in [4.78, 5) is 28.1. The predicted molar refractivity (Wildman–Crippen MR) is 130 cm³/mol. The van der Waals surface area contributed by atoms with Gasteiger partial charge in [0.15, 0.2) is 11.5 Å². The molecule has 1 N–H and O–H groups in total. The first kappa shape index (κ1) is 25.5. The monoisotopic (exact) mass is 488 g/mol. The summed E-state index contributed by atoms with van der Waals surface area (Å²) in [5.41, 5.74) is 4.39. The molecule has 3 rings (SSSR count). The Kier molecular flexibility index (Phi) is 9.26. The molecule has 10 heteroatoms. The number of nitrogens with zero attached hydrogens (tertiary/aromatic N) is 3. The fraction of sp³-hybridized carbons (Fsp3) is 0.375. The van der Waals surface area contributed by atoms with Gasteiger partial charge in [0, 0.05) is 50.2 Å². The molecule has 0 unspecified atom stereocenters. The van der Waals surface area contributed by atoms with Gasteiger partial charge in [-0.25, -0.2) is 5.43 Å². The fourth-order valence-electron chi connectivity index (χ4n) is 3.59. The number of hydrogen-bond acceptors (Lipinski definition) is 8. The second kappa shape index (κ2) is 12.4. The van der Waals surface area contributed by atoms with Gasteiger partial charge in [0.1, 0.15) is 0 Å². The Morgan fingerprint density at radius 2 is 1.62 bits per heavy atom. The van der Waals surface area contributed by atoms with E-state index in [1.807, 2.05) is 24.3 Å². The molecule has 1 aliphatic rings. The van der Waals surface area contributed by atoms with Crippen LogP contribution in [0.3, 0.4) is 0 Å². The molecule has 0 atom stereocenters. The number of esters is 1. The number of ether oxygens (including phenoxy) is 3. The van der Waals surface area contributed by atoms with Crippen LogP contribution in [-0.2, 0) is 16.1 Å². The highest BCUT2D eigenvalue weighted by Gasteiger charge is 2.19. The van der Waals surface area contributed by atoms with Crippen molar-refractivity contribution in [3.8, 4) is 17.2 Å². The molecule has 0 spiro atoms. The number of nitrogens with one attached hydrogen (secondary N) is 1. The van der Waals surface area contributed by atoms with Crippen LogP contribution < -0.4 is 19.6 Å². The smallest absolute Gasteiger partial charge is 0.308 e. The van der Waals surface area contributed by atoms with Crippen molar-refractivity contribution in [3.63, 3.8) is 0 Å². The largest absolute Gasteiger partial charge is 0.493 e. The molecule has 2 aromatic carbocycles. The van der Waals surface area contributed by atoms with Gasteiger partial charge in [-0.2, -0.15) is 5.10 Å². The Labute approximate surface area is 204 Å². The molecule has 0 radical (unpaired) electrons. The Morgan fingerprint density at radius 1 is 1.03 bits per heavy atom. The van der Waals surface area contributed by atoms with E-state index in [0.29, 0.717) is 17.1 Å². The fourth-order valence-corrected chi connectivity index (χ4v) is 3.72. The highest BCUT2D eigenvalue weighted by atomic mass is 35.5. The first-order valence-corrected chi connectivity index (χ1v) is 11.2. The van der Waals surface area contributed by atoms with Crippen molar-refractivity contribution in [2.45, 2.75) is 13.5 Å². The molecule has 34 heavy (non-hydrogen) atoms. The molecular weight excluding hydrogens is 460 g/mol. The lowest BCUT2D eigenvalue weighted by molar-refractivity contribution is -0.132. The van der Waals surface area contributed by atoms with E-state index in [0.717, 1.165) is 37.7 Å². The lowest BCUT2D eigenvalue weighted by Gasteiger charge is -2.34. The van der Waals surface area contributed by atoms with E-state index >= 15 is 0 Å². The lowest BCUT2D eigenvalue weighted by Crippen LogP contribution is -2.48. The number of hydrazone groups is 1. The van der Waals surface area contributed by atoms with Gasteiger partial charge in [0.25, 0.3) is 5.91 Å². The zero-order valence-corrected chi connectivity index (χ0v) is 20.3. The van der Waals surface area contributed by atoms with Crippen LogP contribution in [0.2, 0.25) is 5.02 Å². The van der Waals surface area contributed by atoms with Gasteiger partial charge in [-0.1, -0.05) is 23.7 Å². The molecule has 1 fully saturated rings. The van der Waals surface area contributed by atoms with Crippen LogP contribution >= 0.6 is 11.6 Å². The second-order valence-electron chi connectivity index (χ2n) is 7.82. The number of rotatable bonds is 9. The van der Waals surface area contributed by atoms with Crippen molar-refractivity contribution < 1.29 is 23.8 Å². The molecule has 1 amide bonds. The van der Waals surface area contributed by atoms with Crippen LogP contribution in [0.5, 0.6) is 17.2 Å². The van der Waals surface area contributed by atoms with Gasteiger partial charge < -0.3 is 14.2 Å². The van der Waals surface area contributed by atoms with Gasteiger partial charge in [-0.15, -0.1) is 0 Å². The molecule has 0 saturated carbocycles. The SMILES string of the molecule is COc1cc(C=NNC(=O)CN2CCN(Cc3ccc(Cl)cc3)CC2)cc(OC)c1OC(C)=O. The standard InChI is InChI=1S/C24H29ClN4O5/c1-17(30)34-24-21(32-2)12-19(13-22(24)33-3)14-26-27-23(31)16-29-10-8-28(9-11-29)15-18-4-6-20(25)7-5-18/h4-7,12-14H,8-11,15-16H2,1-3H3,(H,27,31). The van der Waals surface area contributed by atoms with E-state index in [2.05, 4.69) is 20.3 Å². The summed E-state index contributed by atoms with van der Waals surface area (Å²) in [6, 6.07) is 11.1. The van der Waals surface area contributed by atoms with Crippen LogP contribution in [-0.4, -0.2) is 74.8 Å². The topological polar surface area (TPSA) is 92.7 Å². The molecule has 1 saturated heterocycles. The molecule has 182 valence electrons. The number of hydrogen-bond donors (Lipinski definition) is 1. The Balaban J connectivity index is 1.48. The maximum Gasteiger partial charge on any atom is 0.308 e. The third-order valence-corrected chi connectivity index (χ3v) is 5.54. The molecule has 0 aromatic heterocycles. The summed E-state index contributed by atoms with van der Waals surface area (Å²) in [6.45, 7) is 5.80. The molecule has 2 aromatic rings. The summed E-state index contributed by atoms with van der Waals surface area (Å²) < 4.78 is 15.7. The van der Waals surface area contributed by atoms with Crippen molar-refractivity contribution in [3.05, 3.63) is 52.5 Å². The maximum atomic E-state index is 12.3. The Hall–Kier alpha value is -3.14. The van der Waals surface area contributed by atoms with E-state index in [9.17, 15) is 9.59 Å². The quantitative estimate of drug-likeness (QED) is 0.251. The zero-order chi connectivity index (χ0) is 24.5. The molecule has 0 bridgehead atoms. The number of benzene rings is 2.